The van der Waals surface area contributed by atoms with Crippen molar-refractivity contribution in [2.45, 2.75) is 19.8 Å². The average Bonchev–Trinajstić information content (AvgIpc) is 2.71. The first kappa shape index (κ1) is 10.5. The molecule has 2 aromatic rings. The molecule has 2 rings (SSSR count). The van der Waals surface area contributed by atoms with Gasteiger partial charge in [-0.1, -0.05) is 12.1 Å². The van der Waals surface area contributed by atoms with Gasteiger partial charge < -0.3 is 14.7 Å². The Morgan fingerprint density at radius 1 is 1.31 bits per heavy atom. The Morgan fingerprint density at radius 3 is 2.88 bits per heavy atom. The predicted molar refractivity (Wildman–Crippen MR) is 57.1 cm³/mol. The molecule has 0 bridgehead atoms. The molecule has 1 aromatic heterocycles. The maximum absolute atomic E-state index is 9.59. The Balaban J connectivity index is 2.38. The van der Waals surface area contributed by atoms with Gasteiger partial charge in [-0.15, -0.1) is 0 Å². The van der Waals surface area contributed by atoms with Crippen LogP contribution in [0.1, 0.15) is 19.2 Å². The molecule has 0 fully saturated rings. The van der Waals surface area contributed by atoms with Crippen molar-refractivity contribution in [3.63, 3.8) is 0 Å². The summed E-state index contributed by atoms with van der Waals surface area (Å²) in [7, 11) is 0. The zero-order valence-corrected chi connectivity index (χ0v) is 8.84. The van der Waals surface area contributed by atoms with E-state index in [1.165, 1.54) is 18.2 Å². The van der Waals surface area contributed by atoms with Crippen LogP contribution in [0, 0.1) is 0 Å². The van der Waals surface area contributed by atoms with E-state index in [0.29, 0.717) is 11.4 Å². The largest absolute Gasteiger partial charge is 0.508 e. The fourth-order valence-corrected chi connectivity index (χ4v) is 1.38. The third kappa shape index (κ3) is 1.98. The minimum Gasteiger partial charge on any atom is -0.508 e. The zero-order chi connectivity index (χ0) is 11.5. The molecule has 0 spiro atoms. The first-order valence-electron chi connectivity index (χ1n) is 5.05. The van der Waals surface area contributed by atoms with Gasteiger partial charge in [-0.2, -0.15) is 4.98 Å². The quantitative estimate of drug-likeness (QED) is 0.774. The molecule has 16 heavy (non-hydrogen) atoms. The van der Waals surface area contributed by atoms with Crippen molar-refractivity contribution in [3.8, 4) is 23.0 Å². The van der Waals surface area contributed by atoms with Crippen LogP contribution in [0.3, 0.4) is 0 Å². The second-order valence-electron chi connectivity index (χ2n) is 3.47. The van der Waals surface area contributed by atoms with Gasteiger partial charge >= 0.3 is 0 Å². The van der Waals surface area contributed by atoms with Crippen molar-refractivity contribution >= 4 is 0 Å². The summed E-state index contributed by atoms with van der Waals surface area (Å²) in [5.41, 5.74) is 0.342. The van der Waals surface area contributed by atoms with E-state index >= 15 is 0 Å². The third-order valence-electron chi connectivity index (χ3n) is 2.15. The lowest BCUT2D eigenvalue weighted by atomic mass is 10.2. The highest BCUT2D eigenvalue weighted by atomic mass is 16.5. The number of aromatic hydroxyl groups is 2. The molecule has 0 saturated carbocycles. The van der Waals surface area contributed by atoms with Crippen molar-refractivity contribution < 1.29 is 14.7 Å². The van der Waals surface area contributed by atoms with Gasteiger partial charge in [-0.3, -0.25) is 0 Å². The van der Waals surface area contributed by atoms with Gasteiger partial charge in [0.15, 0.2) is 5.82 Å². The zero-order valence-electron chi connectivity index (χ0n) is 8.84. The minimum absolute atomic E-state index is 0.00417. The SMILES string of the molecule is CCCc1noc(-c2cc(O)ccc2O)n1. The molecule has 5 heteroatoms. The molecule has 5 nitrogen and oxygen atoms in total. The van der Waals surface area contributed by atoms with Crippen molar-refractivity contribution in [1.82, 2.24) is 10.1 Å². The fourth-order valence-electron chi connectivity index (χ4n) is 1.38. The molecule has 84 valence electrons. The molecule has 2 N–H and O–H groups in total. The Kier molecular flexibility index (Phi) is 2.76. The van der Waals surface area contributed by atoms with Crippen molar-refractivity contribution in [3.05, 3.63) is 24.0 Å². The number of benzene rings is 1. The molecular weight excluding hydrogens is 208 g/mol. The normalized spacial score (nSPS) is 10.6. The average molecular weight is 220 g/mol. The van der Waals surface area contributed by atoms with Crippen molar-refractivity contribution in [1.29, 1.82) is 0 Å². The highest BCUT2D eigenvalue weighted by Gasteiger charge is 2.13. The number of rotatable bonds is 3. The molecule has 0 saturated heterocycles. The van der Waals surface area contributed by atoms with E-state index in [1.807, 2.05) is 6.92 Å². The molecule has 0 radical (unpaired) electrons. The number of nitrogens with zero attached hydrogens (tertiary/aromatic N) is 2. The first-order chi connectivity index (χ1) is 7.70. The van der Waals surface area contributed by atoms with Crippen LogP contribution in [0.15, 0.2) is 22.7 Å². The maximum Gasteiger partial charge on any atom is 0.261 e. The molecule has 1 aromatic carbocycles. The Hall–Kier alpha value is -2.04. The Bertz CT molecular complexity index is 494. The van der Waals surface area contributed by atoms with Gasteiger partial charge in [-0.25, -0.2) is 0 Å². The maximum atomic E-state index is 9.59. The molecule has 0 aliphatic heterocycles. The lowest BCUT2D eigenvalue weighted by molar-refractivity contribution is 0.415. The van der Waals surface area contributed by atoms with E-state index in [0.717, 1.165) is 12.8 Å². The van der Waals surface area contributed by atoms with E-state index in [1.54, 1.807) is 0 Å². The molecule has 0 aliphatic rings. The number of phenols is 2. The summed E-state index contributed by atoms with van der Waals surface area (Å²) >= 11 is 0. The minimum atomic E-state index is 0.00417. The summed E-state index contributed by atoms with van der Waals surface area (Å²) in [4.78, 5) is 4.12. The monoisotopic (exact) mass is 220 g/mol. The van der Waals surface area contributed by atoms with E-state index < -0.39 is 0 Å². The number of aryl methyl sites for hydroxylation is 1. The highest BCUT2D eigenvalue weighted by Crippen LogP contribution is 2.30. The van der Waals surface area contributed by atoms with Crippen LogP contribution in [0.4, 0.5) is 0 Å². The van der Waals surface area contributed by atoms with Gasteiger partial charge in [0, 0.05) is 6.42 Å². The van der Waals surface area contributed by atoms with Crippen LogP contribution >= 0.6 is 0 Å². The topological polar surface area (TPSA) is 79.4 Å². The van der Waals surface area contributed by atoms with Gasteiger partial charge in [0.25, 0.3) is 5.89 Å². The molecule has 1 heterocycles. The van der Waals surface area contributed by atoms with Crippen LogP contribution in [0.25, 0.3) is 11.5 Å². The summed E-state index contributed by atoms with van der Waals surface area (Å²) in [6.45, 7) is 2.02. The standard InChI is InChI=1S/C11H12N2O3/c1-2-3-10-12-11(16-13-10)8-6-7(14)4-5-9(8)15/h4-6,14-15H,2-3H2,1H3. The molecule has 0 aliphatic carbocycles. The van der Waals surface area contributed by atoms with Gasteiger partial charge in [0.05, 0.1) is 5.56 Å². The predicted octanol–water partition coefficient (Wildman–Crippen LogP) is 2.10. The summed E-state index contributed by atoms with van der Waals surface area (Å²) < 4.78 is 5.01. The molecule has 0 unspecified atom stereocenters. The lowest BCUT2D eigenvalue weighted by Crippen LogP contribution is -1.85. The van der Waals surface area contributed by atoms with Gasteiger partial charge in [0.1, 0.15) is 11.5 Å². The van der Waals surface area contributed by atoms with Crippen LogP contribution in [0.5, 0.6) is 11.5 Å². The number of phenolic OH excluding ortho intramolecular Hbond substituents is 2. The summed E-state index contributed by atoms with van der Waals surface area (Å²) in [6.07, 6.45) is 1.65. The molecule has 0 amide bonds. The summed E-state index contributed by atoms with van der Waals surface area (Å²) in [5.74, 6) is 0.865. The third-order valence-corrected chi connectivity index (χ3v) is 2.15. The summed E-state index contributed by atoms with van der Waals surface area (Å²) in [6, 6.07) is 4.16. The van der Waals surface area contributed by atoms with Crippen LogP contribution in [-0.4, -0.2) is 20.4 Å². The van der Waals surface area contributed by atoms with Gasteiger partial charge in [0.2, 0.25) is 0 Å². The van der Waals surface area contributed by atoms with Gasteiger partial charge in [-0.05, 0) is 24.6 Å². The van der Waals surface area contributed by atoms with E-state index in [-0.39, 0.29) is 17.4 Å². The Labute approximate surface area is 92.4 Å². The number of hydrogen-bond acceptors (Lipinski definition) is 5. The van der Waals surface area contributed by atoms with Crippen LogP contribution in [-0.2, 0) is 6.42 Å². The number of aromatic nitrogens is 2. The van der Waals surface area contributed by atoms with E-state index in [4.69, 9.17) is 4.52 Å². The second-order valence-corrected chi connectivity index (χ2v) is 3.47. The lowest BCUT2D eigenvalue weighted by Gasteiger charge is -1.99. The van der Waals surface area contributed by atoms with Crippen molar-refractivity contribution in [2.24, 2.45) is 0 Å². The van der Waals surface area contributed by atoms with E-state index in [9.17, 15) is 10.2 Å². The van der Waals surface area contributed by atoms with E-state index in [2.05, 4.69) is 10.1 Å². The molecular formula is C11H12N2O3. The first-order valence-corrected chi connectivity index (χ1v) is 5.05. The van der Waals surface area contributed by atoms with Crippen LogP contribution in [0.2, 0.25) is 0 Å². The Morgan fingerprint density at radius 2 is 2.12 bits per heavy atom. The highest BCUT2D eigenvalue weighted by molar-refractivity contribution is 5.64. The smallest absolute Gasteiger partial charge is 0.261 e. The summed E-state index contributed by atoms with van der Waals surface area (Å²) in [5, 5.41) is 22.7. The molecule has 0 atom stereocenters. The van der Waals surface area contributed by atoms with Crippen molar-refractivity contribution in [2.75, 3.05) is 0 Å². The number of hydrogen-bond donors (Lipinski definition) is 2. The fraction of sp³-hybridized carbons (Fsp3) is 0.273. The van der Waals surface area contributed by atoms with Crippen LogP contribution < -0.4 is 0 Å². The second kappa shape index (κ2) is 4.22.